The summed E-state index contributed by atoms with van der Waals surface area (Å²) in [6.07, 6.45) is 7.49. The van der Waals surface area contributed by atoms with Gasteiger partial charge in [-0.2, -0.15) is 5.26 Å². The molecule has 5 N–H and O–H groups in total. The molecule has 0 atom stereocenters. The maximum Gasteiger partial charge on any atom is 0.321 e. The van der Waals surface area contributed by atoms with E-state index in [2.05, 4.69) is 30.9 Å². The van der Waals surface area contributed by atoms with E-state index in [0.29, 0.717) is 54.5 Å². The number of anilines is 4. The Morgan fingerprint density at radius 1 is 1.06 bits per heavy atom. The molecule has 0 spiro atoms. The lowest BCUT2D eigenvalue weighted by atomic mass is 10.0. The molecule has 1 aromatic carbocycles. The number of aromatic nitrogens is 3. The molecule has 11 nitrogen and oxygen atoms in total. The van der Waals surface area contributed by atoms with Crippen molar-refractivity contribution in [1.29, 1.82) is 5.26 Å². The van der Waals surface area contributed by atoms with E-state index in [0.717, 1.165) is 0 Å². The summed E-state index contributed by atoms with van der Waals surface area (Å²) in [5, 5.41) is 18.2. The van der Waals surface area contributed by atoms with Crippen molar-refractivity contribution in [3.63, 3.8) is 0 Å². The molecule has 11 heteroatoms. The molecule has 4 rings (SSSR count). The van der Waals surface area contributed by atoms with E-state index in [9.17, 15) is 9.59 Å². The van der Waals surface area contributed by atoms with Crippen LogP contribution in [0.15, 0.2) is 55.1 Å². The summed E-state index contributed by atoms with van der Waals surface area (Å²) < 4.78 is 0. The lowest BCUT2D eigenvalue weighted by molar-refractivity contribution is 0.100. The minimum absolute atomic E-state index is 0.0452. The molecule has 34 heavy (non-hydrogen) atoms. The Bertz CT molecular complexity index is 1200. The Morgan fingerprint density at radius 3 is 2.47 bits per heavy atom. The third-order valence-electron chi connectivity index (χ3n) is 5.40. The molecule has 0 saturated carbocycles. The van der Waals surface area contributed by atoms with Gasteiger partial charge in [-0.05, 0) is 37.1 Å². The highest BCUT2D eigenvalue weighted by atomic mass is 16.2. The molecule has 0 aliphatic carbocycles. The van der Waals surface area contributed by atoms with Gasteiger partial charge < -0.3 is 26.6 Å². The molecule has 1 aliphatic rings. The average molecular weight is 457 g/mol. The van der Waals surface area contributed by atoms with Crippen LogP contribution in [-0.2, 0) is 0 Å². The van der Waals surface area contributed by atoms with E-state index in [4.69, 9.17) is 11.0 Å². The first kappa shape index (κ1) is 22.5. The van der Waals surface area contributed by atoms with Crippen molar-refractivity contribution in [2.45, 2.75) is 18.9 Å². The summed E-state index contributed by atoms with van der Waals surface area (Å²) >= 11 is 0. The van der Waals surface area contributed by atoms with Crippen LogP contribution in [0.2, 0.25) is 0 Å². The summed E-state index contributed by atoms with van der Waals surface area (Å²) in [5.74, 6) is 0.432. The zero-order valence-corrected chi connectivity index (χ0v) is 18.2. The normalized spacial score (nSPS) is 13.6. The van der Waals surface area contributed by atoms with Crippen LogP contribution in [0.4, 0.5) is 27.8 Å². The fourth-order valence-electron chi connectivity index (χ4n) is 3.61. The number of hydrogen-bond acceptors (Lipinski definition) is 8. The first-order chi connectivity index (χ1) is 16.5. The molecule has 3 amide bonds. The van der Waals surface area contributed by atoms with Crippen LogP contribution in [0.5, 0.6) is 0 Å². The van der Waals surface area contributed by atoms with Crippen molar-refractivity contribution in [1.82, 2.24) is 19.9 Å². The molecule has 2 aromatic heterocycles. The van der Waals surface area contributed by atoms with Crippen LogP contribution in [0.1, 0.15) is 28.8 Å². The Hall–Kier alpha value is -4.72. The number of hydrogen-bond donors (Lipinski definition) is 4. The number of urea groups is 1. The van der Waals surface area contributed by atoms with Crippen LogP contribution >= 0.6 is 0 Å². The smallest absolute Gasteiger partial charge is 0.321 e. The van der Waals surface area contributed by atoms with Crippen LogP contribution in [0, 0.1) is 11.3 Å². The summed E-state index contributed by atoms with van der Waals surface area (Å²) in [5.41, 5.74) is 7.55. The van der Waals surface area contributed by atoms with Gasteiger partial charge in [0.05, 0.1) is 29.1 Å². The molecular weight excluding hydrogens is 434 g/mol. The number of amides is 3. The monoisotopic (exact) mass is 457 g/mol. The third-order valence-corrected chi connectivity index (χ3v) is 5.40. The molecule has 0 radical (unpaired) electrons. The number of carbonyl (C=O) groups excluding carboxylic acids is 2. The maximum absolute atomic E-state index is 12.6. The number of nitrogens with one attached hydrogen (secondary N) is 3. The van der Waals surface area contributed by atoms with Gasteiger partial charge in [-0.15, -0.1) is 0 Å². The molecule has 1 aliphatic heterocycles. The largest absolute Gasteiger partial charge is 0.381 e. The maximum atomic E-state index is 12.6. The van der Waals surface area contributed by atoms with Crippen molar-refractivity contribution in [2.75, 3.05) is 29.0 Å². The Kier molecular flexibility index (Phi) is 6.78. The van der Waals surface area contributed by atoms with E-state index in [-0.39, 0.29) is 17.6 Å². The highest BCUT2D eigenvalue weighted by Gasteiger charge is 2.24. The lowest BCUT2D eigenvalue weighted by Gasteiger charge is -2.33. The number of nitrogens with zero attached hydrogens (tertiary/aromatic N) is 5. The fourth-order valence-corrected chi connectivity index (χ4v) is 3.61. The van der Waals surface area contributed by atoms with Gasteiger partial charge in [0.2, 0.25) is 0 Å². The highest BCUT2D eigenvalue weighted by molar-refractivity contribution is 5.98. The van der Waals surface area contributed by atoms with Crippen molar-refractivity contribution in [2.24, 2.45) is 5.73 Å². The number of likely N-dealkylation sites (tertiary alicyclic amines) is 1. The number of nitriles is 1. The summed E-state index contributed by atoms with van der Waals surface area (Å²) in [6, 6.07) is 10.3. The van der Waals surface area contributed by atoms with Crippen molar-refractivity contribution >= 4 is 34.9 Å². The lowest BCUT2D eigenvalue weighted by Crippen LogP contribution is -2.44. The predicted molar refractivity (Wildman–Crippen MR) is 126 cm³/mol. The molecule has 0 unspecified atom stereocenters. The van der Waals surface area contributed by atoms with Crippen LogP contribution in [-0.4, -0.2) is 50.9 Å². The van der Waals surface area contributed by atoms with E-state index < -0.39 is 5.91 Å². The van der Waals surface area contributed by atoms with E-state index >= 15 is 0 Å². The number of pyridine rings is 1. The zero-order chi connectivity index (χ0) is 23.9. The minimum atomic E-state index is -0.583. The second-order valence-corrected chi connectivity index (χ2v) is 7.72. The fraction of sp³-hybridized carbons (Fsp3) is 0.217. The van der Waals surface area contributed by atoms with Gasteiger partial charge in [0.1, 0.15) is 11.6 Å². The third kappa shape index (κ3) is 5.55. The standard InChI is InChI=1S/C23H23N9O2/c24-12-15-1-3-16(4-2-15)30-23(34)32-9-5-17(6-10-32)29-19-11-20(28-13-18(19)22(25)33)31-21-14-26-7-8-27-21/h1-4,7-8,11,13-14,17H,5-6,9-10H2,(H2,25,33)(H,30,34)(H2,27,28,29,31). The molecule has 3 heterocycles. The molecule has 172 valence electrons. The Labute approximate surface area is 196 Å². The number of benzene rings is 1. The van der Waals surface area contributed by atoms with E-state index in [1.165, 1.54) is 6.20 Å². The van der Waals surface area contributed by atoms with Gasteiger partial charge in [-0.3, -0.25) is 9.78 Å². The van der Waals surface area contributed by atoms with Crippen LogP contribution in [0.25, 0.3) is 0 Å². The van der Waals surface area contributed by atoms with Crippen molar-refractivity contribution in [3.05, 3.63) is 66.2 Å². The SMILES string of the molecule is N#Cc1ccc(NC(=O)N2CCC(Nc3cc(Nc4cnccn4)ncc3C(N)=O)CC2)cc1. The van der Waals surface area contributed by atoms with E-state index in [1.807, 2.05) is 6.07 Å². The second kappa shape index (κ2) is 10.3. The number of piperidine rings is 1. The van der Waals surface area contributed by atoms with Gasteiger partial charge in [0, 0.05) is 49.5 Å². The topological polar surface area (TPSA) is 162 Å². The first-order valence-electron chi connectivity index (χ1n) is 10.7. The van der Waals surface area contributed by atoms with Gasteiger partial charge in [0.15, 0.2) is 0 Å². The average Bonchev–Trinajstić information content (AvgIpc) is 2.85. The number of primary amides is 1. The Balaban J connectivity index is 1.37. The molecule has 3 aromatic rings. The highest BCUT2D eigenvalue weighted by Crippen LogP contribution is 2.24. The van der Waals surface area contributed by atoms with Gasteiger partial charge in [0.25, 0.3) is 5.91 Å². The van der Waals surface area contributed by atoms with Crippen molar-refractivity contribution in [3.8, 4) is 6.07 Å². The molecule has 1 saturated heterocycles. The van der Waals surface area contributed by atoms with Gasteiger partial charge in [-0.1, -0.05) is 0 Å². The quantitative estimate of drug-likeness (QED) is 0.439. The predicted octanol–water partition coefficient (Wildman–Crippen LogP) is 2.69. The minimum Gasteiger partial charge on any atom is -0.381 e. The summed E-state index contributed by atoms with van der Waals surface area (Å²) in [4.78, 5) is 38.6. The zero-order valence-electron chi connectivity index (χ0n) is 18.2. The van der Waals surface area contributed by atoms with Crippen LogP contribution < -0.4 is 21.7 Å². The number of rotatable bonds is 6. The van der Waals surface area contributed by atoms with Gasteiger partial charge in [-0.25, -0.2) is 14.8 Å². The van der Waals surface area contributed by atoms with E-state index in [1.54, 1.807) is 53.8 Å². The number of carbonyl (C=O) groups is 2. The molecule has 0 bridgehead atoms. The van der Waals surface area contributed by atoms with Gasteiger partial charge >= 0.3 is 6.03 Å². The molecule has 1 fully saturated rings. The first-order valence-corrected chi connectivity index (χ1v) is 10.7. The summed E-state index contributed by atoms with van der Waals surface area (Å²) in [6.45, 7) is 1.09. The number of nitrogens with two attached hydrogens (primary N) is 1. The van der Waals surface area contributed by atoms with Crippen molar-refractivity contribution < 1.29 is 9.59 Å². The van der Waals surface area contributed by atoms with Crippen LogP contribution in [0.3, 0.4) is 0 Å². The molecular formula is C23H23N9O2. The Morgan fingerprint density at radius 2 is 1.82 bits per heavy atom. The second-order valence-electron chi connectivity index (χ2n) is 7.72. The summed E-state index contributed by atoms with van der Waals surface area (Å²) in [7, 11) is 0.